The highest BCUT2D eigenvalue weighted by Crippen LogP contribution is 2.57. The molecule has 3 aliphatic rings. The van der Waals surface area contributed by atoms with Crippen LogP contribution in [0.1, 0.15) is 56.3 Å². The average molecular weight is 502 g/mol. The van der Waals surface area contributed by atoms with E-state index in [0.717, 1.165) is 55.4 Å². The SMILES string of the molecule is CC[C@@]12C=C(CC(=O)OC)n3c4c(c5cc(S(=O)(=O)NCCCOC)ccc53)CCN(CCC1)[C@H]42. The monoisotopic (exact) mass is 501 g/mol. The quantitative estimate of drug-likeness (QED) is 0.418. The van der Waals surface area contributed by atoms with Crippen LogP contribution >= 0.6 is 0 Å². The number of rotatable bonds is 9. The van der Waals surface area contributed by atoms with Gasteiger partial charge in [-0.05, 0) is 62.4 Å². The molecule has 0 spiro atoms. The lowest BCUT2D eigenvalue weighted by Crippen LogP contribution is -2.50. The van der Waals surface area contributed by atoms with Crippen LogP contribution < -0.4 is 4.72 Å². The second-order valence-corrected chi connectivity index (χ2v) is 11.7. The van der Waals surface area contributed by atoms with E-state index in [9.17, 15) is 13.2 Å². The van der Waals surface area contributed by atoms with Gasteiger partial charge in [0.15, 0.2) is 0 Å². The molecular weight excluding hydrogens is 466 g/mol. The Balaban J connectivity index is 1.65. The molecule has 2 aromatic rings. The number of methoxy groups -OCH3 is 2. The minimum absolute atomic E-state index is 0.0288. The topological polar surface area (TPSA) is 89.9 Å². The largest absolute Gasteiger partial charge is 0.469 e. The van der Waals surface area contributed by atoms with Gasteiger partial charge in [0.1, 0.15) is 0 Å². The molecule has 0 amide bonds. The lowest BCUT2D eigenvalue weighted by molar-refractivity contribution is -0.139. The van der Waals surface area contributed by atoms with Crippen LogP contribution in [0, 0.1) is 5.41 Å². The summed E-state index contributed by atoms with van der Waals surface area (Å²) in [5.41, 5.74) is 4.32. The Morgan fingerprint density at radius 1 is 1.26 bits per heavy atom. The maximum Gasteiger partial charge on any atom is 0.311 e. The third kappa shape index (κ3) is 4.02. The van der Waals surface area contributed by atoms with Crippen LogP contribution in [0.4, 0.5) is 0 Å². The predicted octanol–water partition coefficient (Wildman–Crippen LogP) is 3.46. The second-order valence-electron chi connectivity index (χ2n) is 9.89. The van der Waals surface area contributed by atoms with Crippen molar-refractivity contribution in [1.82, 2.24) is 14.2 Å². The molecule has 0 radical (unpaired) electrons. The molecule has 0 aliphatic carbocycles. The zero-order chi connectivity index (χ0) is 24.8. The minimum Gasteiger partial charge on any atom is -0.469 e. The predicted molar refractivity (Wildman–Crippen MR) is 135 cm³/mol. The number of hydrogen-bond donors (Lipinski definition) is 1. The van der Waals surface area contributed by atoms with Gasteiger partial charge in [0.2, 0.25) is 10.0 Å². The first kappa shape index (κ1) is 24.5. The Hall–Kier alpha value is -2.20. The molecule has 0 unspecified atom stereocenters. The lowest BCUT2D eigenvalue weighted by atomic mass is 9.66. The van der Waals surface area contributed by atoms with Gasteiger partial charge in [-0.25, -0.2) is 13.1 Å². The average Bonchev–Trinajstić information content (AvgIpc) is 3.20. The van der Waals surface area contributed by atoms with Crippen molar-refractivity contribution in [3.8, 4) is 0 Å². The maximum atomic E-state index is 13.0. The van der Waals surface area contributed by atoms with Crippen molar-refractivity contribution in [1.29, 1.82) is 0 Å². The summed E-state index contributed by atoms with van der Waals surface area (Å²) in [5.74, 6) is -0.264. The summed E-state index contributed by atoms with van der Waals surface area (Å²) in [6, 6.07) is 5.63. The zero-order valence-electron chi connectivity index (χ0n) is 20.8. The van der Waals surface area contributed by atoms with Crippen molar-refractivity contribution in [3.05, 3.63) is 35.5 Å². The van der Waals surface area contributed by atoms with E-state index in [0.29, 0.717) is 19.6 Å². The van der Waals surface area contributed by atoms with E-state index in [1.807, 2.05) is 12.1 Å². The van der Waals surface area contributed by atoms with Crippen LogP contribution in [0.25, 0.3) is 16.6 Å². The number of benzene rings is 1. The van der Waals surface area contributed by atoms with E-state index < -0.39 is 10.0 Å². The lowest BCUT2D eigenvalue weighted by Gasteiger charge is -2.53. The standard InChI is InChI=1S/C26H35N3O5S/c1-4-26-10-5-12-28-13-9-20-21-16-19(35(31,32)27-11-6-14-33-2)7-8-22(21)29(24(20)25(26)28)18(17-26)15-23(30)34-3/h7-8,16-17,25,27H,4-6,9-15H2,1-3H3/t25-,26+/m1/s1. The normalized spacial score (nSPS) is 23.7. The van der Waals surface area contributed by atoms with Crippen LogP contribution in [0.5, 0.6) is 0 Å². The van der Waals surface area contributed by atoms with E-state index in [4.69, 9.17) is 9.47 Å². The number of nitrogens with zero attached hydrogens (tertiary/aromatic N) is 2. The second kappa shape index (κ2) is 9.35. The number of carbonyl (C=O) groups is 1. The van der Waals surface area contributed by atoms with Gasteiger partial charge in [0, 0.05) is 49.0 Å². The molecule has 0 bridgehead atoms. The van der Waals surface area contributed by atoms with Gasteiger partial charge >= 0.3 is 5.97 Å². The van der Waals surface area contributed by atoms with Gasteiger partial charge in [-0.2, -0.15) is 0 Å². The highest BCUT2D eigenvalue weighted by molar-refractivity contribution is 7.89. The zero-order valence-corrected chi connectivity index (χ0v) is 21.6. The summed E-state index contributed by atoms with van der Waals surface area (Å²) in [4.78, 5) is 15.3. The number of hydrogen-bond acceptors (Lipinski definition) is 6. The van der Waals surface area contributed by atoms with Crippen molar-refractivity contribution in [2.24, 2.45) is 5.41 Å². The summed E-state index contributed by atoms with van der Waals surface area (Å²) in [6.45, 7) is 5.10. The van der Waals surface area contributed by atoms with E-state index in [2.05, 4.69) is 27.2 Å². The number of ether oxygens (including phenoxy) is 2. The van der Waals surface area contributed by atoms with Crippen molar-refractivity contribution >= 4 is 32.6 Å². The molecule has 5 rings (SSSR count). The molecule has 0 saturated carbocycles. The van der Waals surface area contributed by atoms with E-state index in [1.54, 1.807) is 13.2 Å². The Labute approximate surface area is 207 Å². The minimum atomic E-state index is -3.64. The number of esters is 1. The summed E-state index contributed by atoms with van der Waals surface area (Å²) >= 11 is 0. The number of sulfonamides is 1. The molecule has 1 aromatic heterocycles. The molecule has 3 aliphatic heterocycles. The van der Waals surface area contributed by atoms with E-state index in [-0.39, 0.29) is 28.7 Å². The molecular formula is C26H35N3O5S. The molecule has 4 heterocycles. The highest BCUT2D eigenvalue weighted by Gasteiger charge is 2.50. The van der Waals surface area contributed by atoms with Gasteiger partial charge in [-0.3, -0.25) is 9.69 Å². The van der Waals surface area contributed by atoms with Gasteiger partial charge in [-0.15, -0.1) is 0 Å². The van der Waals surface area contributed by atoms with Gasteiger partial charge in [0.05, 0.1) is 30.0 Å². The Kier molecular flexibility index (Phi) is 6.54. The molecule has 35 heavy (non-hydrogen) atoms. The molecule has 2 atom stereocenters. The van der Waals surface area contributed by atoms with Crippen LogP contribution in [0.2, 0.25) is 0 Å². The summed E-state index contributed by atoms with van der Waals surface area (Å²) in [7, 11) is -0.610. The van der Waals surface area contributed by atoms with E-state index in [1.165, 1.54) is 18.4 Å². The fourth-order valence-electron chi connectivity index (χ4n) is 6.44. The van der Waals surface area contributed by atoms with Crippen molar-refractivity contribution in [2.75, 3.05) is 40.5 Å². The maximum absolute atomic E-state index is 13.0. The highest BCUT2D eigenvalue weighted by atomic mass is 32.2. The van der Waals surface area contributed by atoms with Crippen molar-refractivity contribution in [3.63, 3.8) is 0 Å². The number of nitrogens with one attached hydrogen (secondary N) is 1. The third-order valence-corrected chi connectivity index (χ3v) is 9.53. The third-order valence-electron chi connectivity index (χ3n) is 8.07. The Morgan fingerprint density at radius 3 is 2.83 bits per heavy atom. The number of fused-ring (bicyclic) bond motifs is 3. The van der Waals surface area contributed by atoms with Crippen LogP contribution in [0.3, 0.4) is 0 Å². The number of aromatic nitrogens is 1. The van der Waals surface area contributed by atoms with Crippen LogP contribution in [0.15, 0.2) is 29.2 Å². The summed E-state index contributed by atoms with van der Waals surface area (Å²) in [6.07, 6.45) is 7.21. The Bertz CT molecular complexity index is 1280. The van der Waals surface area contributed by atoms with Gasteiger partial charge in [-0.1, -0.05) is 13.0 Å². The first-order chi connectivity index (χ1) is 16.8. The van der Waals surface area contributed by atoms with Crippen molar-refractivity contribution in [2.45, 2.75) is 56.4 Å². The fraction of sp³-hybridized carbons (Fsp3) is 0.577. The van der Waals surface area contributed by atoms with Crippen LogP contribution in [-0.2, 0) is 30.7 Å². The van der Waals surface area contributed by atoms with Gasteiger partial charge in [0.25, 0.3) is 0 Å². The molecule has 190 valence electrons. The summed E-state index contributed by atoms with van der Waals surface area (Å²) in [5, 5.41) is 0.965. The fourth-order valence-corrected chi connectivity index (χ4v) is 7.54. The van der Waals surface area contributed by atoms with Crippen LogP contribution in [-0.4, -0.2) is 64.3 Å². The first-order valence-electron chi connectivity index (χ1n) is 12.5. The summed E-state index contributed by atoms with van der Waals surface area (Å²) < 4.78 is 41.0. The number of piperidine rings is 1. The molecule has 1 aromatic carbocycles. The smallest absolute Gasteiger partial charge is 0.311 e. The molecule has 1 fully saturated rings. The molecule has 1 saturated heterocycles. The molecule has 1 N–H and O–H groups in total. The number of carbonyl (C=O) groups excluding carboxylic acids is 1. The molecule has 9 heteroatoms. The van der Waals surface area contributed by atoms with E-state index >= 15 is 0 Å². The first-order valence-corrected chi connectivity index (χ1v) is 14.0. The molecule has 8 nitrogen and oxygen atoms in total. The Morgan fingerprint density at radius 2 is 2.09 bits per heavy atom. The van der Waals surface area contributed by atoms with Gasteiger partial charge < -0.3 is 14.0 Å². The van der Waals surface area contributed by atoms with Crippen molar-refractivity contribution < 1.29 is 22.7 Å².